The van der Waals surface area contributed by atoms with E-state index in [1.165, 1.54) is 5.56 Å². The highest BCUT2D eigenvalue weighted by molar-refractivity contribution is 9.10. The smallest absolute Gasteiger partial charge is 0.185 e. The maximum atomic E-state index is 5.64. The van der Waals surface area contributed by atoms with Gasteiger partial charge in [-0.2, -0.15) is 0 Å². The van der Waals surface area contributed by atoms with Crippen LogP contribution in [0.1, 0.15) is 17.4 Å². The fourth-order valence-corrected chi connectivity index (χ4v) is 2.24. The molecule has 1 saturated heterocycles. The largest absolute Gasteiger partial charge is 0.346 e. The molecule has 0 radical (unpaired) electrons. The van der Waals surface area contributed by atoms with E-state index in [0.29, 0.717) is 13.2 Å². The maximum Gasteiger partial charge on any atom is 0.185 e. The van der Waals surface area contributed by atoms with Crippen LogP contribution in [0.4, 0.5) is 0 Å². The van der Waals surface area contributed by atoms with Gasteiger partial charge in [-0.15, -0.1) is 0 Å². The van der Waals surface area contributed by atoms with Gasteiger partial charge in [0.2, 0.25) is 0 Å². The summed E-state index contributed by atoms with van der Waals surface area (Å²) in [5.41, 5.74) is 7.75. The van der Waals surface area contributed by atoms with Gasteiger partial charge in [-0.25, -0.2) is 0 Å². The third-order valence-electron chi connectivity index (χ3n) is 2.42. The quantitative estimate of drug-likeness (QED) is 0.897. The van der Waals surface area contributed by atoms with Crippen LogP contribution in [0.5, 0.6) is 0 Å². The molecule has 0 aromatic heterocycles. The summed E-state index contributed by atoms with van der Waals surface area (Å²) >= 11 is 3.51. The molecule has 0 amide bonds. The average molecular weight is 272 g/mol. The van der Waals surface area contributed by atoms with Crippen molar-refractivity contribution in [3.8, 4) is 0 Å². The zero-order valence-electron chi connectivity index (χ0n) is 8.57. The summed E-state index contributed by atoms with van der Waals surface area (Å²) in [4.78, 5) is 0. The summed E-state index contributed by atoms with van der Waals surface area (Å²) in [6.45, 7) is 3.12. The van der Waals surface area contributed by atoms with Crippen LogP contribution in [-0.2, 0) is 9.47 Å². The molecule has 2 unspecified atom stereocenters. The van der Waals surface area contributed by atoms with Crippen LogP contribution in [0.2, 0.25) is 0 Å². The van der Waals surface area contributed by atoms with Gasteiger partial charge >= 0.3 is 0 Å². The van der Waals surface area contributed by atoms with E-state index in [9.17, 15) is 0 Å². The molecule has 1 aromatic rings. The highest BCUT2D eigenvalue weighted by Crippen LogP contribution is 2.32. The van der Waals surface area contributed by atoms with Gasteiger partial charge in [-0.3, -0.25) is 0 Å². The first-order valence-corrected chi connectivity index (χ1v) is 5.73. The summed E-state index contributed by atoms with van der Waals surface area (Å²) in [6, 6.07) is 6.11. The lowest BCUT2D eigenvalue weighted by atomic mass is 10.1. The molecule has 15 heavy (non-hydrogen) atoms. The molecule has 0 aliphatic carbocycles. The Balaban J connectivity index is 2.17. The van der Waals surface area contributed by atoms with Crippen molar-refractivity contribution in [2.45, 2.75) is 19.3 Å². The molecule has 1 aromatic carbocycles. The van der Waals surface area contributed by atoms with Crippen molar-refractivity contribution >= 4 is 15.9 Å². The fourth-order valence-electron chi connectivity index (χ4n) is 1.56. The van der Waals surface area contributed by atoms with Crippen molar-refractivity contribution in [3.05, 3.63) is 33.8 Å². The first kappa shape index (κ1) is 11.1. The maximum absolute atomic E-state index is 5.64. The summed E-state index contributed by atoms with van der Waals surface area (Å²) in [7, 11) is 0. The van der Waals surface area contributed by atoms with Gasteiger partial charge in [-0.05, 0) is 18.6 Å². The standard InChI is InChI=1S/C11H14BrNO2/c1-7-2-3-9(10(12)4-7)11-14-6-8(5-13)15-11/h2-4,8,11H,5-6,13H2,1H3. The molecule has 3 nitrogen and oxygen atoms in total. The Bertz CT molecular complexity index is 356. The van der Waals surface area contributed by atoms with Gasteiger partial charge < -0.3 is 15.2 Å². The molecule has 1 heterocycles. The highest BCUT2D eigenvalue weighted by atomic mass is 79.9. The molecule has 2 atom stereocenters. The lowest BCUT2D eigenvalue weighted by molar-refractivity contribution is -0.0590. The summed E-state index contributed by atoms with van der Waals surface area (Å²) in [5.74, 6) is 0. The number of rotatable bonds is 2. The minimum Gasteiger partial charge on any atom is -0.346 e. The van der Waals surface area contributed by atoms with Crippen molar-refractivity contribution < 1.29 is 9.47 Å². The van der Waals surface area contributed by atoms with Crippen LogP contribution in [0.25, 0.3) is 0 Å². The number of hydrogen-bond acceptors (Lipinski definition) is 3. The minimum absolute atomic E-state index is 0.0169. The van der Waals surface area contributed by atoms with Crippen molar-refractivity contribution in [1.29, 1.82) is 0 Å². The van der Waals surface area contributed by atoms with Gasteiger partial charge in [-0.1, -0.05) is 28.1 Å². The number of aryl methyl sites for hydroxylation is 1. The monoisotopic (exact) mass is 271 g/mol. The van der Waals surface area contributed by atoms with E-state index in [0.717, 1.165) is 10.0 Å². The second kappa shape index (κ2) is 4.61. The average Bonchev–Trinajstić information content (AvgIpc) is 2.66. The highest BCUT2D eigenvalue weighted by Gasteiger charge is 2.27. The molecule has 0 spiro atoms. The fraction of sp³-hybridized carbons (Fsp3) is 0.455. The predicted octanol–water partition coefficient (Wildman–Crippen LogP) is 2.13. The number of halogens is 1. The number of benzene rings is 1. The van der Waals surface area contributed by atoms with Crippen molar-refractivity contribution in [1.82, 2.24) is 0 Å². The van der Waals surface area contributed by atoms with Gasteiger partial charge in [0.1, 0.15) is 0 Å². The van der Waals surface area contributed by atoms with Gasteiger partial charge in [0.15, 0.2) is 6.29 Å². The van der Waals surface area contributed by atoms with Crippen molar-refractivity contribution in [2.24, 2.45) is 5.73 Å². The van der Waals surface area contributed by atoms with Gasteiger partial charge in [0.25, 0.3) is 0 Å². The molecule has 0 bridgehead atoms. The SMILES string of the molecule is Cc1ccc(C2OCC(CN)O2)c(Br)c1. The van der Waals surface area contributed by atoms with Crippen LogP contribution in [0, 0.1) is 6.92 Å². The molecule has 2 N–H and O–H groups in total. The predicted molar refractivity (Wildman–Crippen MR) is 61.5 cm³/mol. The normalized spacial score (nSPS) is 25.8. The summed E-state index contributed by atoms with van der Waals surface area (Å²) < 4.78 is 12.2. The van der Waals surface area contributed by atoms with Crippen LogP contribution in [0.15, 0.2) is 22.7 Å². The number of nitrogens with two attached hydrogens (primary N) is 1. The van der Waals surface area contributed by atoms with E-state index in [1.807, 2.05) is 19.1 Å². The summed E-state index contributed by atoms with van der Waals surface area (Å²) in [6.07, 6.45) is -0.267. The second-order valence-electron chi connectivity index (χ2n) is 3.68. The van der Waals surface area contributed by atoms with E-state index in [1.54, 1.807) is 0 Å². The zero-order valence-corrected chi connectivity index (χ0v) is 10.2. The van der Waals surface area contributed by atoms with E-state index in [-0.39, 0.29) is 12.4 Å². The van der Waals surface area contributed by atoms with Gasteiger partial charge in [0.05, 0.1) is 12.7 Å². The Hall–Kier alpha value is -0.420. The van der Waals surface area contributed by atoms with Crippen molar-refractivity contribution in [3.63, 3.8) is 0 Å². The van der Waals surface area contributed by atoms with E-state index in [2.05, 4.69) is 22.0 Å². The molecule has 4 heteroatoms. The Morgan fingerprint density at radius 1 is 1.53 bits per heavy atom. The summed E-state index contributed by atoms with van der Waals surface area (Å²) in [5, 5.41) is 0. The van der Waals surface area contributed by atoms with Gasteiger partial charge in [0, 0.05) is 16.6 Å². The van der Waals surface area contributed by atoms with E-state index >= 15 is 0 Å². The van der Waals surface area contributed by atoms with E-state index in [4.69, 9.17) is 15.2 Å². The molecule has 2 rings (SSSR count). The molecule has 1 fully saturated rings. The topological polar surface area (TPSA) is 44.5 Å². The lowest BCUT2D eigenvalue weighted by Crippen LogP contribution is -2.21. The zero-order chi connectivity index (χ0) is 10.8. The first-order chi connectivity index (χ1) is 7.20. The van der Waals surface area contributed by atoms with Crippen LogP contribution in [0.3, 0.4) is 0 Å². The van der Waals surface area contributed by atoms with E-state index < -0.39 is 0 Å². The Labute approximate surface area is 97.7 Å². The van der Waals surface area contributed by atoms with Crippen LogP contribution < -0.4 is 5.73 Å². The number of ether oxygens (including phenoxy) is 2. The molecule has 1 aliphatic rings. The third kappa shape index (κ3) is 2.39. The third-order valence-corrected chi connectivity index (χ3v) is 3.11. The molecular weight excluding hydrogens is 258 g/mol. The molecule has 0 saturated carbocycles. The minimum atomic E-state index is -0.284. The molecule has 82 valence electrons. The number of hydrogen-bond donors (Lipinski definition) is 1. The lowest BCUT2D eigenvalue weighted by Gasteiger charge is -2.12. The van der Waals surface area contributed by atoms with Crippen molar-refractivity contribution in [2.75, 3.05) is 13.2 Å². The molecular formula is C11H14BrNO2. The Morgan fingerprint density at radius 3 is 2.93 bits per heavy atom. The Morgan fingerprint density at radius 2 is 2.33 bits per heavy atom. The second-order valence-corrected chi connectivity index (χ2v) is 4.54. The van der Waals surface area contributed by atoms with Crippen LogP contribution >= 0.6 is 15.9 Å². The Kier molecular flexibility index (Phi) is 3.41. The first-order valence-electron chi connectivity index (χ1n) is 4.94. The van der Waals surface area contributed by atoms with Crippen LogP contribution in [-0.4, -0.2) is 19.3 Å². The molecule has 1 aliphatic heterocycles.